The summed E-state index contributed by atoms with van der Waals surface area (Å²) < 4.78 is 14.0. The number of para-hydroxylation sites is 1. The van der Waals surface area contributed by atoms with Crippen molar-refractivity contribution in [2.45, 2.75) is 44.2 Å². The third-order valence-electron chi connectivity index (χ3n) is 9.23. The zero-order chi connectivity index (χ0) is 31.1. The van der Waals surface area contributed by atoms with Crippen LogP contribution in [0.4, 0.5) is 5.69 Å². The van der Waals surface area contributed by atoms with Gasteiger partial charge in [-0.1, -0.05) is 41.7 Å². The second-order valence-electron chi connectivity index (χ2n) is 11.8. The topological polar surface area (TPSA) is 130 Å². The number of unbranched alkanes of at least 4 members (excludes halogenated alkanes) is 1. The van der Waals surface area contributed by atoms with E-state index in [0.717, 1.165) is 11.0 Å². The Kier molecular flexibility index (Phi) is 7.62. The number of benzene rings is 2. The molecule has 5 atom stereocenters. The summed E-state index contributed by atoms with van der Waals surface area (Å²) in [6.07, 6.45) is 7.75. The molecule has 4 aliphatic rings. The van der Waals surface area contributed by atoms with Gasteiger partial charge in [0.05, 0.1) is 30.1 Å². The second-order valence-corrected chi connectivity index (χ2v) is 11.8. The summed E-state index contributed by atoms with van der Waals surface area (Å²) in [7, 11) is 0. The average Bonchev–Trinajstić information content (AvgIpc) is 3.60. The molecule has 1 N–H and O–H groups in total. The fourth-order valence-corrected chi connectivity index (χ4v) is 7.25. The van der Waals surface area contributed by atoms with Crippen LogP contribution in [0.15, 0.2) is 72.8 Å². The van der Waals surface area contributed by atoms with Crippen molar-refractivity contribution < 1.29 is 29.0 Å². The molecule has 0 aliphatic carbocycles. The van der Waals surface area contributed by atoms with Crippen LogP contribution in [0.5, 0.6) is 5.75 Å². The van der Waals surface area contributed by atoms with E-state index in [9.17, 15) is 19.5 Å². The zero-order valence-electron chi connectivity index (χ0n) is 25.1. The first-order valence-corrected chi connectivity index (χ1v) is 15.5. The molecule has 2 saturated heterocycles. The van der Waals surface area contributed by atoms with E-state index in [2.05, 4.69) is 10.3 Å². The molecule has 0 radical (unpaired) electrons. The second kappa shape index (κ2) is 11.8. The first-order valence-electron chi connectivity index (χ1n) is 15.5. The molecule has 1 aromatic heterocycles. The van der Waals surface area contributed by atoms with Crippen LogP contribution in [-0.4, -0.2) is 98.2 Å². The van der Waals surface area contributed by atoms with Crippen molar-refractivity contribution in [2.75, 3.05) is 37.7 Å². The first-order chi connectivity index (χ1) is 22.0. The average molecular weight is 613 g/mol. The molecule has 12 nitrogen and oxygen atoms in total. The predicted molar refractivity (Wildman–Crippen MR) is 164 cm³/mol. The number of likely N-dealkylation sites (tertiary alicyclic amines) is 1. The lowest BCUT2D eigenvalue weighted by Crippen LogP contribution is -2.55. The number of amides is 3. The summed E-state index contributed by atoms with van der Waals surface area (Å²) in [5, 5.41) is 18.0. The number of nitrogens with zero attached hydrogens (tertiary/aromatic N) is 6. The highest BCUT2D eigenvalue weighted by atomic mass is 16.5. The normalized spacial score (nSPS) is 27.5. The van der Waals surface area contributed by atoms with Crippen LogP contribution >= 0.6 is 0 Å². The Hall–Kier alpha value is -4.55. The van der Waals surface area contributed by atoms with Crippen molar-refractivity contribution in [1.29, 1.82) is 0 Å². The standard InChI is InChI=1S/C33H36N6O6/c1-2-44-23-14-12-22(13-15-23)37-19-7-11-26-27(30(37)41)28-31(42)38(18-5-6-20-40)29-32(43)36(17-8-16-33(28,29)45-26)21-39-25-10-4-3-9-24(25)34-35-39/h3-4,7-16,26-29,40H,2,5-6,17-21H2,1H3/t26-,27+,28-,29?,33-/m0/s1. The summed E-state index contributed by atoms with van der Waals surface area (Å²) in [5.41, 5.74) is 0.868. The molecule has 2 fully saturated rings. The highest BCUT2D eigenvalue weighted by molar-refractivity contribution is 6.03. The number of carbonyl (C=O) groups is 3. The number of aliphatic hydroxyl groups excluding tert-OH is 1. The molecule has 0 bridgehead atoms. The van der Waals surface area contributed by atoms with Crippen LogP contribution in [0, 0.1) is 11.8 Å². The van der Waals surface area contributed by atoms with Gasteiger partial charge in [0, 0.05) is 31.9 Å². The van der Waals surface area contributed by atoms with Gasteiger partial charge in [0.1, 0.15) is 29.6 Å². The van der Waals surface area contributed by atoms with Crippen LogP contribution < -0.4 is 9.64 Å². The number of hydrogen-bond donors (Lipinski definition) is 1. The molecule has 3 aromatic rings. The minimum absolute atomic E-state index is 0.0257. The largest absolute Gasteiger partial charge is 0.494 e. The van der Waals surface area contributed by atoms with E-state index in [1.165, 1.54) is 0 Å². The monoisotopic (exact) mass is 612 g/mol. The number of anilines is 1. The number of aromatic nitrogens is 3. The number of ether oxygens (including phenoxy) is 2. The summed E-state index contributed by atoms with van der Waals surface area (Å²) in [4.78, 5) is 48.2. The van der Waals surface area contributed by atoms with Crippen molar-refractivity contribution in [3.05, 3.63) is 72.8 Å². The van der Waals surface area contributed by atoms with Gasteiger partial charge in [0.2, 0.25) is 11.8 Å². The predicted octanol–water partition coefficient (Wildman–Crippen LogP) is 2.14. The Labute approximate surface area is 260 Å². The summed E-state index contributed by atoms with van der Waals surface area (Å²) in [5.74, 6) is -1.80. The molecule has 234 valence electrons. The molecular formula is C33H36N6O6. The SMILES string of the molecule is CCOc1ccc(N2CC=C[C@@H]3O[C@]45C=CCN(Cn6nnc7ccccc76)C(=O)C4N(CCCCO)C(=O)[C@@H]5[C@@H]3C2=O)cc1. The number of rotatable bonds is 9. The van der Waals surface area contributed by atoms with Gasteiger partial charge in [-0.2, -0.15) is 0 Å². The number of hydrogen-bond acceptors (Lipinski definition) is 8. The number of carbonyl (C=O) groups excluding carboxylic acids is 3. The Morgan fingerprint density at radius 3 is 2.62 bits per heavy atom. The molecule has 5 heterocycles. The maximum atomic E-state index is 14.5. The maximum Gasteiger partial charge on any atom is 0.250 e. The van der Waals surface area contributed by atoms with Gasteiger partial charge in [-0.25, -0.2) is 4.68 Å². The van der Waals surface area contributed by atoms with Crippen molar-refractivity contribution in [1.82, 2.24) is 24.8 Å². The van der Waals surface area contributed by atoms with E-state index in [-0.39, 0.29) is 44.1 Å². The van der Waals surface area contributed by atoms with Crippen LogP contribution in [0.25, 0.3) is 11.0 Å². The van der Waals surface area contributed by atoms with E-state index >= 15 is 0 Å². The molecule has 12 heteroatoms. The van der Waals surface area contributed by atoms with Gasteiger partial charge >= 0.3 is 0 Å². The Bertz CT molecular complexity index is 1670. The smallest absolute Gasteiger partial charge is 0.250 e. The van der Waals surface area contributed by atoms with Crippen LogP contribution in [0.3, 0.4) is 0 Å². The van der Waals surface area contributed by atoms with Crippen molar-refractivity contribution in [2.24, 2.45) is 11.8 Å². The summed E-state index contributed by atoms with van der Waals surface area (Å²) in [6, 6.07) is 13.9. The van der Waals surface area contributed by atoms with Gasteiger partial charge in [-0.3, -0.25) is 14.4 Å². The van der Waals surface area contributed by atoms with E-state index < -0.39 is 29.6 Å². The van der Waals surface area contributed by atoms with Gasteiger partial charge in [0.15, 0.2) is 0 Å². The first kappa shape index (κ1) is 29.2. The Morgan fingerprint density at radius 2 is 1.82 bits per heavy atom. The molecule has 3 amide bonds. The lowest BCUT2D eigenvalue weighted by atomic mass is 9.77. The van der Waals surface area contributed by atoms with E-state index in [1.54, 1.807) is 19.4 Å². The molecule has 1 spiro atoms. The molecular weight excluding hydrogens is 576 g/mol. The van der Waals surface area contributed by atoms with Gasteiger partial charge in [-0.15, -0.1) is 5.10 Å². The molecule has 7 rings (SSSR count). The van der Waals surface area contributed by atoms with Gasteiger partial charge in [0.25, 0.3) is 5.91 Å². The highest BCUT2D eigenvalue weighted by Gasteiger charge is 2.71. The van der Waals surface area contributed by atoms with E-state index in [1.807, 2.05) is 79.8 Å². The summed E-state index contributed by atoms with van der Waals surface area (Å²) >= 11 is 0. The number of fused-ring (bicyclic) bond motifs is 3. The van der Waals surface area contributed by atoms with Crippen LogP contribution in [0.1, 0.15) is 19.8 Å². The van der Waals surface area contributed by atoms with E-state index in [0.29, 0.717) is 37.4 Å². The number of aliphatic hydroxyl groups is 1. The minimum Gasteiger partial charge on any atom is -0.494 e. The van der Waals surface area contributed by atoms with Gasteiger partial charge < -0.3 is 29.3 Å². The lowest BCUT2D eigenvalue weighted by Gasteiger charge is -2.35. The Balaban J connectivity index is 1.24. The van der Waals surface area contributed by atoms with Gasteiger partial charge in [-0.05, 0) is 56.2 Å². The molecule has 1 unspecified atom stereocenters. The maximum absolute atomic E-state index is 14.5. The van der Waals surface area contributed by atoms with Crippen LogP contribution in [-0.2, 0) is 25.8 Å². The lowest BCUT2D eigenvalue weighted by molar-refractivity contribution is -0.148. The van der Waals surface area contributed by atoms with Crippen LogP contribution in [0.2, 0.25) is 0 Å². The molecule has 0 saturated carbocycles. The zero-order valence-corrected chi connectivity index (χ0v) is 25.1. The highest BCUT2D eigenvalue weighted by Crippen LogP contribution is 2.53. The minimum atomic E-state index is -1.33. The molecule has 2 aromatic carbocycles. The van der Waals surface area contributed by atoms with Crippen molar-refractivity contribution in [3.8, 4) is 5.75 Å². The van der Waals surface area contributed by atoms with Crippen molar-refractivity contribution >= 4 is 34.4 Å². The summed E-state index contributed by atoms with van der Waals surface area (Å²) in [6.45, 7) is 3.42. The molecule has 4 aliphatic heterocycles. The quantitative estimate of drug-likeness (QED) is 0.288. The van der Waals surface area contributed by atoms with E-state index in [4.69, 9.17) is 9.47 Å². The fourth-order valence-electron chi connectivity index (χ4n) is 7.25. The van der Waals surface area contributed by atoms with Crippen molar-refractivity contribution in [3.63, 3.8) is 0 Å². The third kappa shape index (κ3) is 4.79. The third-order valence-corrected chi connectivity index (χ3v) is 9.23. The fraction of sp³-hybridized carbons (Fsp3) is 0.424. The molecule has 45 heavy (non-hydrogen) atoms. The Morgan fingerprint density at radius 1 is 1.00 bits per heavy atom.